The molecule has 1 aromatic rings. The van der Waals surface area contributed by atoms with Gasteiger partial charge in [-0.3, -0.25) is 4.79 Å². The fraction of sp³-hybridized carbons (Fsp3) is 0.600. The summed E-state index contributed by atoms with van der Waals surface area (Å²) in [6.07, 6.45) is 0.893. The zero-order valence-corrected chi connectivity index (χ0v) is 9.54. The average Bonchev–Trinajstić information content (AvgIpc) is 2.99. The maximum absolute atomic E-state index is 11.6. The summed E-state index contributed by atoms with van der Waals surface area (Å²) >= 11 is 0. The molecule has 0 bridgehead atoms. The molecule has 0 aliphatic carbocycles. The highest BCUT2D eigenvalue weighted by molar-refractivity contribution is 5.82. The minimum atomic E-state index is -1.03. The second-order valence-electron chi connectivity index (χ2n) is 3.92. The predicted molar refractivity (Wildman–Crippen MR) is 56.5 cm³/mol. The van der Waals surface area contributed by atoms with Crippen LogP contribution in [0.2, 0.25) is 0 Å². The molecule has 1 amide bonds. The minimum absolute atomic E-state index is 0.303. The standard InChI is InChI=1S/C10H13N3O5/c14-9(6-1-2-7(18-6)10(15)16)11-4-3-8-12-5-17-13-8/h5-7H,1-4H2,(H,11,14)(H,15,16). The van der Waals surface area contributed by atoms with Gasteiger partial charge in [-0.15, -0.1) is 0 Å². The number of nitrogens with one attached hydrogen (secondary N) is 1. The Kier molecular flexibility index (Phi) is 3.88. The first-order valence-corrected chi connectivity index (χ1v) is 5.58. The summed E-state index contributed by atoms with van der Waals surface area (Å²) < 4.78 is 9.66. The average molecular weight is 255 g/mol. The molecule has 98 valence electrons. The number of amides is 1. The van der Waals surface area contributed by atoms with Crippen LogP contribution in [0.15, 0.2) is 10.9 Å². The summed E-state index contributed by atoms with van der Waals surface area (Å²) in [6, 6.07) is 0. The van der Waals surface area contributed by atoms with E-state index >= 15 is 0 Å². The van der Waals surface area contributed by atoms with E-state index in [2.05, 4.69) is 20.0 Å². The first-order chi connectivity index (χ1) is 8.66. The number of carbonyl (C=O) groups is 2. The van der Waals surface area contributed by atoms with Crippen LogP contribution in [0.1, 0.15) is 18.7 Å². The van der Waals surface area contributed by atoms with Crippen molar-refractivity contribution in [3.05, 3.63) is 12.2 Å². The number of hydrogen-bond donors (Lipinski definition) is 2. The Hall–Kier alpha value is -1.96. The normalized spacial score (nSPS) is 22.9. The number of aromatic nitrogens is 2. The van der Waals surface area contributed by atoms with Crippen LogP contribution in [0.5, 0.6) is 0 Å². The SMILES string of the molecule is O=C(O)C1CCC(C(=O)NCCc2ncon2)O1. The molecule has 0 saturated carbocycles. The van der Waals surface area contributed by atoms with Gasteiger partial charge in [-0.05, 0) is 12.8 Å². The van der Waals surface area contributed by atoms with E-state index in [0.717, 1.165) is 0 Å². The molecule has 2 unspecified atom stereocenters. The van der Waals surface area contributed by atoms with E-state index in [-0.39, 0.29) is 5.91 Å². The van der Waals surface area contributed by atoms with Crippen molar-refractivity contribution < 1.29 is 24.0 Å². The molecule has 1 aromatic heterocycles. The molecule has 0 aromatic carbocycles. The number of rotatable bonds is 5. The highest BCUT2D eigenvalue weighted by atomic mass is 16.5. The summed E-state index contributed by atoms with van der Waals surface area (Å²) in [4.78, 5) is 26.1. The van der Waals surface area contributed by atoms with Crippen LogP contribution in [0.4, 0.5) is 0 Å². The number of nitrogens with zero attached hydrogens (tertiary/aromatic N) is 2. The van der Waals surface area contributed by atoms with Crippen LogP contribution in [-0.4, -0.2) is 45.9 Å². The number of carboxylic acid groups (broad SMARTS) is 1. The smallest absolute Gasteiger partial charge is 0.332 e. The van der Waals surface area contributed by atoms with Gasteiger partial charge < -0.3 is 19.7 Å². The largest absolute Gasteiger partial charge is 0.479 e. The van der Waals surface area contributed by atoms with E-state index in [9.17, 15) is 9.59 Å². The molecule has 2 heterocycles. The highest BCUT2D eigenvalue weighted by Gasteiger charge is 2.34. The first-order valence-electron chi connectivity index (χ1n) is 5.58. The van der Waals surface area contributed by atoms with Gasteiger partial charge in [-0.2, -0.15) is 4.98 Å². The van der Waals surface area contributed by atoms with Gasteiger partial charge in [0.25, 0.3) is 0 Å². The lowest BCUT2D eigenvalue weighted by Gasteiger charge is -2.10. The minimum Gasteiger partial charge on any atom is -0.479 e. The zero-order valence-electron chi connectivity index (χ0n) is 9.54. The van der Waals surface area contributed by atoms with Gasteiger partial charge >= 0.3 is 5.97 Å². The highest BCUT2D eigenvalue weighted by Crippen LogP contribution is 2.19. The number of ether oxygens (including phenoxy) is 1. The Morgan fingerprint density at radius 1 is 1.44 bits per heavy atom. The molecule has 1 fully saturated rings. The van der Waals surface area contributed by atoms with Crippen molar-refractivity contribution in [1.29, 1.82) is 0 Å². The van der Waals surface area contributed by atoms with Gasteiger partial charge in [0, 0.05) is 13.0 Å². The number of carboxylic acids is 1. The summed E-state index contributed by atoms with van der Waals surface area (Å²) in [5.74, 6) is -0.828. The van der Waals surface area contributed by atoms with E-state index in [1.54, 1.807) is 0 Å². The van der Waals surface area contributed by atoms with Gasteiger partial charge in [0.1, 0.15) is 6.10 Å². The quantitative estimate of drug-likeness (QED) is 0.719. The Balaban J connectivity index is 1.71. The van der Waals surface area contributed by atoms with Crippen LogP contribution >= 0.6 is 0 Å². The summed E-state index contributed by atoms with van der Waals surface area (Å²) in [5, 5.41) is 15.0. The number of carbonyl (C=O) groups excluding carboxylic acids is 1. The molecule has 8 heteroatoms. The molecule has 0 radical (unpaired) electrons. The Bertz CT molecular complexity index is 419. The first kappa shape index (κ1) is 12.5. The van der Waals surface area contributed by atoms with Crippen molar-refractivity contribution >= 4 is 11.9 Å². The molecule has 1 aliphatic rings. The second kappa shape index (κ2) is 5.58. The van der Waals surface area contributed by atoms with E-state index < -0.39 is 18.2 Å². The van der Waals surface area contributed by atoms with Gasteiger partial charge in [-0.25, -0.2) is 4.79 Å². The maximum atomic E-state index is 11.6. The second-order valence-corrected chi connectivity index (χ2v) is 3.92. The van der Waals surface area contributed by atoms with Crippen molar-refractivity contribution in [2.24, 2.45) is 0 Å². The van der Waals surface area contributed by atoms with Crippen LogP contribution in [0.25, 0.3) is 0 Å². The van der Waals surface area contributed by atoms with E-state index in [4.69, 9.17) is 9.84 Å². The van der Waals surface area contributed by atoms with Crippen LogP contribution in [0, 0.1) is 0 Å². The lowest BCUT2D eigenvalue weighted by molar-refractivity contribution is -0.151. The van der Waals surface area contributed by atoms with Crippen molar-refractivity contribution in [2.45, 2.75) is 31.5 Å². The van der Waals surface area contributed by atoms with Crippen molar-refractivity contribution in [3.8, 4) is 0 Å². The lowest BCUT2D eigenvalue weighted by Crippen LogP contribution is -2.36. The summed E-state index contributed by atoms with van der Waals surface area (Å²) in [5.41, 5.74) is 0. The van der Waals surface area contributed by atoms with Crippen molar-refractivity contribution in [1.82, 2.24) is 15.5 Å². The number of aliphatic carboxylic acids is 1. The monoisotopic (exact) mass is 255 g/mol. The Morgan fingerprint density at radius 2 is 2.22 bits per heavy atom. The summed E-state index contributed by atoms with van der Waals surface area (Å²) in [7, 11) is 0. The zero-order chi connectivity index (χ0) is 13.0. The lowest BCUT2D eigenvalue weighted by atomic mass is 10.2. The molecule has 2 N–H and O–H groups in total. The third-order valence-corrected chi connectivity index (χ3v) is 2.64. The molecule has 1 saturated heterocycles. The van der Waals surface area contributed by atoms with Crippen molar-refractivity contribution in [3.63, 3.8) is 0 Å². The molecular formula is C10H13N3O5. The molecule has 2 rings (SSSR count). The molecular weight excluding hydrogens is 242 g/mol. The number of hydrogen-bond acceptors (Lipinski definition) is 6. The fourth-order valence-electron chi connectivity index (χ4n) is 1.73. The Morgan fingerprint density at radius 3 is 2.83 bits per heavy atom. The molecule has 2 atom stereocenters. The third kappa shape index (κ3) is 3.04. The molecule has 8 nitrogen and oxygen atoms in total. The maximum Gasteiger partial charge on any atom is 0.332 e. The summed E-state index contributed by atoms with van der Waals surface area (Å²) in [6.45, 7) is 0.357. The van der Waals surface area contributed by atoms with Gasteiger partial charge in [0.15, 0.2) is 11.9 Å². The van der Waals surface area contributed by atoms with Gasteiger partial charge in [-0.1, -0.05) is 5.16 Å². The van der Waals surface area contributed by atoms with Crippen molar-refractivity contribution in [2.75, 3.05) is 6.54 Å². The topological polar surface area (TPSA) is 115 Å². The van der Waals surface area contributed by atoms with Crippen LogP contribution in [0.3, 0.4) is 0 Å². The molecule has 1 aliphatic heterocycles. The van der Waals surface area contributed by atoms with E-state index in [1.807, 2.05) is 0 Å². The van der Waals surface area contributed by atoms with Gasteiger partial charge in [0.2, 0.25) is 12.3 Å². The predicted octanol–water partition coefficient (Wildman–Crippen LogP) is -0.640. The van der Waals surface area contributed by atoms with Crippen LogP contribution in [-0.2, 0) is 20.7 Å². The van der Waals surface area contributed by atoms with E-state index in [1.165, 1.54) is 6.39 Å². The molecule has 18 heavy (non-hydrogen) atoms. The Labute approximate surface area is 102 Å². The van der Waals surface area contributed by atoms with Gasteiger partial charge in [0.05, 0.1) is 0 Å². The third-order valence-electron chi connectivity index (χ3n) is 2.64. The molecule has 0 spiro atoms. The fourth-order valence-corrected chi connectivity index (χ4v) is 1.73. The van der Waals surface area contributed by atoms with Crippen LogP contribution < -0.4 is 5.32 Å². The van der Waals surface area contributed by atoms with E-state index in [0.29, 0.717) is 31.6 Å².